The van der Waals surface area contributed by atoms with E-state index in [1.165, 1.54) is 0 Å². The molecule has 9 nitrogen and oxygen atoms in total. The summed E-state index contributed by atoms with van der Waals surface area (Å²) in [5.41, 5.74) is 8.57. The van der Waals surface area contributed by atoms with Crippen molar-refractivity contribution in [2.45, 2.75) is 0 Å². The van der Waals surface area contributed by atoms with Crippen molar-refractivity contribution < 1.29 is 0 Å². The maximum atomic E-state index is 10.2. The Kier molecular flexibility index (Phi) is 7.80. The first kappa shape index (κ1) is 33.7. The number of hydrogen-bond donors (Lipinski definition) is 0. The molecule has 266 valence electrons. The Morgan fingerprint density at radius 1 is 0.345 bits per heavy atom. The third-order valence-corrected chi connectivity index (χ3v) is 10.5. The largest absolute Gasteiger partial charge is 0.308 e. The smallest absolute Gasteiger partial charge is 0.166 e. The molecule has 0 saturated heterocycles. The fraction of sp³-hybridized carbons (Fsp3) is 0. The van der Waals surface area contributed by atoms with Crippen molar-refractivity contribution in [1.29, 1.82) is 21.0 Å². The van der Waals surface area contributed by atoms with E-state index in [4.69, 9.17) is 15.0 Å². The summed E-state index contributed by atoms with van der Waals surface area (Å²) in [7, 11) is 0. The second-order valence-corrected chi connectivity index (χ2v) is 13.8. The van der Waals surface area contributed by atoms with Crippen LogP contribution < -0.4 is 0 Å². The highest BCUT2D eigenvalue weighted by molar-refractivity contribution is 6.11. The number of aromatic nitrogens is 5. The van der Waals surface area contributed by atoms with Crippen molar-refractivity contribution >= 4 is 43.6 Å². The molecule has 10 aromatic rings. The van der Waals surface area contributed by atoms with E-state index in [9.17, 15) is 21.0 Å². The van der Waals surface area contributed by atoms with Gasteiger partial charge in [0, 0.05) is 38.2 Å². The van der Waals surface area contributed by atoms with Gasteiger partial charge in [0.2, 0.25) is 0 Å². The highest BCUT2D eigenvalue weighted by Crippen LogP contribution is 2.39. The minimum atomic E-state index is 0.306. The molecule has 0 aliphatic rings. The number of fused-ring (bicyclic) bond motifs is 6. The maximum Gasteiger partial charge on any atom is 0.166 e. The van der Waals surface area contributed by atoms with Gasteiger partial charge in [-0.05, 0) is 72.8 Å². The van der Waals surface area contributed by atoms with Crippen LogP contribution in [0.3, 0.4) is 0 Å². The van der Waals surface area contributed by atoms with Crippen LogP contribution in [0.1, 0.15) is 22.3 Å². The average Bonchev–Trinajstić information content (AvgIpc) is 3.80. The van der Waals surface area contributed by atoms with Crippen molar-refractivity contribution in [2.75, 3.05) is 0 Å². The zero-order chi connectivity index (χ0) is 39.3. The van der Waals surface area contributed by atoms with E-state index in [0.717, 1.165) is 49.2 Å². The minimum Gasteiger partial charge on any atom is -0.308 e. The standard InChI is InChI=1S/C49H25N9/c50-26-30-16-20-43(57-41-12-6-4-10-35(41)37-18-14-32(28-52)24-45(37)57)39(22-30)48-54-47(34-8-2-1-3-9-34)55-49(56-48)40-23-31(27-51)17-21-44(40)58-42-13-7-5-11-36(42)38-19-15-33(29-53)25-46(38)58/h1-25H. The molecule has 0 spiro atoms. The van der Waals surface area contributed by atoms with Crippen LogP contribution in [0.5, 0.6) is 0 Å². The number of hydrogen-bond acceptors (Lipinski definition) is 7. The van der Waals surface area contributed by atoms with Crippen molar-refractivity contribution in [2.24, 2.45) is 0 Å². The van der Waals surface area contributed by atoms with Gasteiger partial charge in [-0.1, -0.05) is 78.9 Å². The van der Waals surface area contributed by atoms with E-state index in [1.54, 1.807) is 24.3 Å². The molecule has 10 rings (SSSR count). The summed E-state index contributed by atoms with van der Waals surface area (Å²) < 4.78 is 4.17. The van der Waals surface area contributed by atoms with E-state index < -0.39 is 0 Å². The SMILES string of the molecule is N#Cc1ccc(-n2c3ccccc3c3ccc(C#N)cc32)c(-c2nc(-c3ccccc3)nc(-c3cc(C#N)ccc3-n3c4ccccc4c4ccc(C#N)cc43)n2)c1. The first-order valence-corrected chi connectivity index (χ1v) is 18.3. The Balaban J connectivity index is 1.30. The van der Waals surface area contributed by atoms with Gasteiger partial charge in [0.1, 0.15) is 0 Å². The van der Waals surface area contributed by atoms with Crippen LogP contribution >= 0.6 is 0 Å². The van der Waals surface area contributed by atoms with Gasteiger partial charge in [-0.15, -0.1) is 0 Å². The predicted octanol–water partition coefficient (Wildman–Crippen LogP) is 10.6. The molecule has 0 N–H and O–H groups in total. The van der Waals surface area contributed by atoms with Crippen LogP contribution in [0.25, 0.3) is 89.2 Å². The van der Waals surface area contributed by atoms with Gasteiger partial charge in [0.05, 0.1) is 80.0 Å². The van der Waals surface area contributed by atoms with E-state index >= 15 is 0 Å². The molecule has 0 aliphatic heterocycles. The molecule has 0 unspecified atom stereocenters. The molecule has 0 saturated carbocycles. The Hall–Kier alpha value is -8.89. The fourth-order valence-electron chi connectivity index (χ4n) is 7.89. The minimum absolute atomic E-state index is 0.306. The van der Waals surface area contributed by atoms with Crippen LogP contribution in [0, 0.1) is 45.3 Å². The topological polar surface area (TPSA) is 144 Å². The normalized spacial score (nSPS) is 11.0. The van der Waals surface area contributed by atoms with Gasteiger partial charge in [0.15, 0.2) is 17.5 Å². The Morgan fingerprint density at radius 3 is 1.19 bits per heavy atom. The fourth-order valence-corrected chi connectivity index (χ4v) is 7.89. The molecule has 58 heavy (non-hydrogen) atoms. The van der Waals surface area contributed by atoms with Crippen molar-refractivity contribution in [3.8, 4) is 69.8 Å². The Bertz CT molecular complexity index is 3300. The lowest BCUT2D eigenvalue weighted by atomic mass is 10.1. The highest BCUT2D eigenvalue weighted by Gasteiger charge is 2.23. The van der Waals surface area contributed by atoms with E-state index in [0.29, 0.717) is 62.2 Å². The molecular weight excluding hydrogens is 715 g/mol. The first-order valence-electron chi connectivity index (χ1n) is 18.3. The van der Waals surface area contributed by atoms with Gasteiger partial charge in [-0.3, -0.25) is 0 Å². The van der Waals surface area contributed by atoms with E-state index in [1.807, 2.05) is 115 Å². The number of benzene rings is 7. The van der Waals surface area contributed by atoms with Gasteiger partial charge in [-0.2, -0.15) is 21.0 Å². The molecule has 0 fully saturated rings. The number of rotatable bonds is 5. The molecule has 0 aliphatic carbocycles. The average molecular weight is 740 g/mol. The summed E-state index contributed by atoms with van der Waals surface area (Å²) in [5, 5.41) is 44.2. The molecule has 9 heteroatoms. The molecule has 0 bridgehead atoms. The molecule has 0 atom stereocenters. The number of nitriles is 4. The zero-order valence-corrected chi connectivity index (χ0v) is 30.5. The monoisotopic (exact) mass is 739 g/mol. The van der Waals surface area contributed by atoms with Crippen LogP contribution in [0.2, 0.25) is 0 Å². The number of para-hydroxylation sites is 2. The summed E-state index contributed by atoms with van der Waals surface area (Å²) in [5.74, 6) is 1.01. The van der Waals surface area contributed by atoms with Crippen LogP contribution in [-0.2, 0) is 0 Å². The second-order valence-electron chi connectivity index (χ2n) is 13.8. The van der Waals surface area contributed by atoms with Crippen molar-refractivity contribution in [3.63, 3.8) is 0 Å². The summed E-state index contributed by atoms with van der Waals surface area (Å²) in [4.78, 5) is 15.4. The van der Waals surface area contributed by atoms with Crippen molar-refractivity contribution in [1.82, 2.24) is 24.1 Å². The summed E-state index contributed by atoms with van der Waals surface area (Å²) >= 11 is 0. The molecule has 3 aromatic heterocycles. The quantitative estimate of drug-likeness (QED) is 0.171. The second kappa shape index (κ2) is 13.4. The third-order valence-electron chi connectivity index (χ3n) is 10.5. The first-order chi connectivity index (χ1) is 28.6. The molecule has 0 amide bonds. The lowest BCUT2D eigenvalue weighted by Crippen LogP contribution is -2.06. The van der Waals surface area contributed by atoms with Gasteiger partial charge < -0.3 is 9.13 Å². The summed E-state index contributed by atoms with van der Waals surface area (Å²) in [6, 6.07) is 57.0. The summed E-state index contributed by atoms with van der Waals surface area (Å²) in [6.07, 6.45) is 0. The van der Waals surface area contributed by atoms with Gasteiger partial charge in [-0.25, -0.2) is 15.0 Å². The van der Waals surface area contributed by atoms with Gasteiger partial charge in [0.25, 0.3) is 0 Å². The van der Waals surface area contributed by atoms with Crippen LogP contribution in [0.4, 0.5) is 0 Å². The lowest BCUT2D eigenvalue weighted by Gasteiger charge is -2.17. The Labute approximate surface area is 331 Å². The van der Waals surface area contributed by atoms with E-state index in [-0.39, 0.29) is 0 Å². The molecule has 7 aromatic carbocycles. The third kappa shape index (κ3) is 5.33. The van der Waals surface area contributed by atoms with Crippen LogP contribution in [0.15, 0.2) is 152 Å². The summed E-state index contributed by atoms with van der Waals surface area (Å²) in [6.45, 7) is 0. The van der Waals surface area contributed by atoms with Gasteiger partial charge >= 0.3 is 0 Å². The van der Waals surface area contributed by atoms with E-state index in [2.05, 4.69) is 45.5 Å². The van der Waals surface area contributed by atoms with Crippen molar-refractivity contribution in [3.05, 3.63) is 174 Å². The maximum absolute atomic E-state index is 10.2. The zero-order valence-electron chi connectivity index (χ0n) is 30.5. The lowest BCUT2D eigenvalue weighted by molar-refractivity contribution is 1.06. The molecule has 0 radical (unpaired) electrons. The highest BCUT2D eigenvalue weighted by atomic mass is 15.1. The number of nitrogens with zero attached hydrogens (tertiary/aromatic N) is 9. The molecule has 3 heterocycles. The Morgan fingerprint density at radius 2 is 0.724 bits per heavy atom. The molecular formula is C49H25N9. The van der Waals surface area contributed by atoms with Crippen LogP contribution in [-0.4, -0.2) is 24.1 Å². The predicted molar refractivity (Wildman–Crippen MR) is 224 cm³/mol.